The maximum atomic E-state index is 12.0. The summed E-state index contributed by atoms with van der Waals surface area (Å²) in [6.07, 6.45) is 3.14. The number of likely N-dealkylation sites (N-methyl/N-ethyl adjacent to an activating group) is 1. The Morgan fingerprint density at radius 2 is 1.95 bits per heavy atom. The number of urea groups is 1. The molecule has 5 nitrogen and oxygen atoms in total. The minimum absolute atomic E-state index is 0.210. The first-order chi connectivity index (χ1) is 8.91. The molecule has 0 aromatic heterocycles. The number of hydrogen-bond donors (Lipinski definition) is 2. The smallest absolute Gasteiger partial charge is 0.317 e. The molecule has 1 aliphatic carbocycles. The Bertz CT molecular complexity index is 360. The highest BCUT2D eigenvalue weighted by molar-refractivity contribution is 5.78. The number of carboxylic acids is 1. The lowest BCUT2D eigenvalue weighted by molar-refractivity contribution is -0.148. The van der Waals surface area contributed by atoms with Crippen molar-refractivity contribution in [1.82, 2.24) is 10.2 Å². The van der Waals surface area contributed by atoms with Gasteiger partial charge < -0.3 is 15.3 Å². The van der Waals surface area contributed by atoms with E-state index in [2.05, 4.69) is 11.9 Å². The molecule has 0 heterocycles. The lowest BCUT2D eigenvalue weighted by atomic mass is 9.86. The first-order valence-corrected chi connectivity index (χ1v) is 6.82. The maximum Gasteiger partial charge on any atom is 0.317 e. The lowest BCUT2D eigenvalue weighted by Crippen LogP contribution is -2.47. The largest absolute Gasteiger partial charge is 0.481 e. The fraction of sp³-hybridized carbons (Fsp3) is 0.714. The number of carbonyl (C=O) groups excluding carboxylic acids is 1. The Morgan fingerprint density at radius 3 is 2.37 bits per heavy atom. The van der Waals surface area contributed by atoms with Gasteiger partial charge in [0.25, 0.3) is 0 Å². The van der Waals surface area contributed by atoms with E-state index >= 15 is 0 Å². The SMILES string of the molecule is C=C(C)CN(CC)C(=O)NCC1(C(=O)O)CCCC1. The summed E-state index contributed by atoms with van der Waals surface area (Å²) in [6.45, 7) is 8.85. The zero-order valence-electron chi connectivity index (χ0n) is 11.9. The fourth-order valence-corrected chi connectivity index (χ4v) is 2.53. The second kappa shape index (κ2) is 6.59. The van der Waals surface area contributed by atoms with Crippen LogP contribution in [0.2, 0.25) is 0 Å². The summed E-state index contributed by atoms with van der Waals surface area (Å²) in [7, 11) is 0. The highest BCUT2D eigenvalue weighted by atomic mass is 16.4. The van der Waals surface area contributed by atoms with Gasteiger partial charge in [-0.3, -0.25) is 4.79 Å². The van der Waals surface area contributed by atoms with Gasteiger partial charge in [-0.05, 0) is 26.7 Å². The van der Waals surface area contributed by atoms with Gasteiger partial charge >= 0.3 is 12.0 Å². The molecule has 0 aliphatic heterocycles. The summed E-state index contributed by atoms with van der Waals surface area (Å²) in [5, 5.41) is 12.1. The van der Waals surface area contributed by atoms with Crippen molar-refractivity contribution in [3.63, 3.8) is 0 Å². The van der Waals surface area contributed by atoms with Crippen LogP contribution in [0, 0.1) is 5.41 Å². The van der Waals surface area contributed by atoms with E-state index < -0.39 is 11.4 Å². The quantitative estimate of drug-likeness (QED) is 0.726. The topological polar surface area (TPSA) is 69.6 Å². The Balaban J connectivity index is 2.56. The van der Waals surface area contributed by atoms with Crippen molar-refractivity contribution in [2.24, 2.45) is 5.41 Å². The van der Waals surface area contributed by atoms with E-state index in [1.807, 2.05) is 13.8 Å². The van der Waals surface area contributed by atoms with E-state index in [0.717, 1.165) is 18.4 Å². The molecule has 0 saturated heterocycles. The van der Waals surface area contributed by atoms with Crippen LogP contribution in [0.4, 0.5) is 4.79 Å². The van der Waals surface area contributed by atoms with Crippen LogP contribution < -0.4 is 5.32 Å². The van der Waals surface area contributed by atoms with Crippen molar-refractivity contribution >= 4 is 12.0 Å². The molecular formula is C14H24N2O3. The van der Waals surface area contributed by atoms with E-state index in [1.54, 1.807) is 4.90 Å². The van der Waals surface area contributed by atoms with E-state index in [1.165, 1.54) is 0 Å². The molecule has 108 valence electrons. The Labute approximate surface area is 114 Å². The van der Waals surface area contributed by atoms with Crippen LogP contribution in [0.15, 0.2) is 12.2 Å². The average molecular weight is 268 g/mol. The number of aliphatic carboxylic acids is 1. The Hall–Kier alpha value is -1.52. The van der Waals surface area contributed by atoms with Crippen LogP contribution in [0.1, 0.15) is 39.5 Å². The molecule has 0 spiro atoms. The monoisotopic (exact) mass is 268 g/mol. The van der Waals surface area contributed by atoms with Crippen LogP contribution in [0.3, 0.4) is 0 Å². The fourth-order valence-electron chi connectivity index (χ4n) is 2.53. The van der Waals surface area contributed by atoms with Crippen molar-refractivity contribution in [2.75, 3.05) is 19.6 Å². The van der Waals surface area contributed by atoms with E-state index in [9.17, 15) is 14.7 Å². The van der Waals surface area contributed by atoms with Gasteiger partial charge in [-0.25, -0.2) is 4.79 Å². The van der Waals surface area contributed by atoms with Gasteiger partial charge in [0, 0.05) is 19.6 Å². The molecule has 1 aliphatic rings. The van der Waals surface area contributed by atoms with Gasteiger partial charge in [-0.15, -0.1) is 0 Å². The zero-order valence-corrected chi connectivity index (χ0v) is 11.9. The number of hydrogen-bond acceptors (Lipinski definition) is 2. The van der Waals surface area contributed by atoms with Crippen molar-refractivity contribution in [3.05, 3.63) is 12.2 Å². The van der Waals surface area contributed by atoms with Gasteiger partial charge in [-0.2, -0.15) is 0 Å². The number of carbonyl (C=O) groups is 2. The van der Waals surface area contributed by atoms with Crippen LogP contribution in [0.5, 0.6) is 0 Å². The molecule has 2 amide bonds. The highest BCUT2D eigenvalue weighted by Gasteiger charge is 2.41. The van der Waals surface area contributed by atoms with E-state index in [-0.39, 0.29) is 12.6 Å². The van der Waals surface area contributed by atoms with Gasteiger partial charge in [0.1, 0.15) is 0 Å². The standard InChI is InChI=1S/C14H24N2O3/c1-4-16(9-11(2)3)13(19)15-10-14(12(17)18)7-5-6-8-14/h2,4-10H2,1,3H3,(H,15,19)(H,17,18). The summed E-state index contributed by atoms with van der Waals surface area (Å²) in [5.41, 5.74) is 0.143. The number of nitrogens with one attached hydrogen (secondary N) is 1. The van der Waals surface area contributed by atoms with Crippen molar-refractivity contribution < 1.29 is 14.7 Å². The van der Waals surface area contributed by atoms with Crippen molar-refractivity contribution in [1.29, 1.82) is 0 Å². The second-order valence-electron chi connectivity index (χ2n) is 5.42. The predicted octanol–water partition coefficient (Wildman–Crippen LogP) is 2.24. The second-order valence-corrected chi connectivity index (χ2v) is 5.42. The van der Waals surface area contributed by atoms with Gasteiger partial charge in [-0.1, -0.05) is 25.0 Å². The van der Waals surface area contributed by atoms with Crippen LogP contribution >= 0.6 is 0 Å². The first kappa shape index (κ1) is 15.5. The third kappa shape index (κ3) is 3.98. The van der Waals surface area contributed by atoms with Crippen LogP contribution in [-0.2, 0) is 4.79 Å². The molecule has 1 rings (SSSR count). The molecule has 0 aromatic carbocycles. The summed E-state index contributed by atoms with van der Waals surface area (Å²) in [6, 6.07) is -0.210. The molecule has 19 heavy (non-hydrogen) atoms. The molecule has 0 unspecified atom stereocenters. The van der Waals surface area contributed by atoms with Gasteiger partial charge in [0.05, 0.1) is 5.41 Å². The van der Waals surface area contributed by atoms with Crippen molar-refractivity contribution in [3.8, 4) is 0 Å². The number of nitrogens with zero attached hydrogens (tertiary/aromatic N) is 1. The van der Waals surface area contributed by atoms with E-state index in [4.69, 9.17) is 0 Å². The number of amides is 2. The number of rotatable bonds is 6. The molecule has 1 fully saturated rings. The summed E-state index contributed by atoms with van der Waals surface area (Å²) >= 11 is 0. The Kier molecular flexibility index (Phi) is 5.39. The molecule has 0 bridgehead atoms. The minimum Gasteiger partial charge on any atom is -0.481 e. The summed E-state index contributed by atoms with van der Waals surface area (Å²) < 4.78 is 0. The molecule has 2 N–H and O–H groups in total. The van der Waals surface area contributed by atoms with Gasteiger partial charge in [0.2, 0.25) is 0 Å². The maximum absolute atomic E-state index is 12.0. The molecular weight excluding hydrogens is 244 g/mol. The average Bonchev–Trinajstić information content (AvgIpc) is 2.82. The first-order valence-electron chi connectivity index (χ1n) is 6.82. The van der Waals surface area contributed by atoms with Crippen molar-refractivity contribution in [2.45, 2.75) is 39.5 Å². The third-order valence-electron chi connectivity index (χ3n) is 3.72. The molecule has 1 saturated carbocycles. The molecule has 0 aromatic rings. The van der Waals surface area contributed by atoms with E-state index in [0.29, 0.717) is 25.9 Å². The third-order valence-corrected chi connectivity index (χ3v) is 3.72. The van der Waals surface area contributed by atoms with Crippen LogP contribution in [0.25, 0.3) is 0 Å². The number of carboxylic acid groups (broad SMARTS) is 1. The van der Waals surface area contributed by atoms with Crippen LogP contribution in [-0.4, -0.2) is 41.6 Å². The molecule has 0 atom stereocenters. The molecule has 0 radical (unpaired) electrons. The predicted molar refractivity (Wildman–Crippen MR) is 74.0 cm³/mol. The summed E-state index contributed by atoms with van der Waals surface area (Å²) in [5.74, 6) is -0.798. The van der Waals surface area contributed by atoms with Gasteiger partial charge in [0.15, 0.2) is 0 Å². The normalized spacial score (nSPS) is 16.9. The Morgan fingerprint density at radius 1 is 1.37 bits per heavy atom. The minimum atomic E-state index is -0.798. The summed E-state index contributed by atoms with van der Waals surface area (Å²) in [4.78, 5) is 25.0. The highest BCUT2D eigenvalue weighted by Crippen LogP contribution is 2.37. The lowest BCUT2D eigenvalue weighted by Gasteiger charge is -2.27. The zero-order chi connectivity index (χ0) is 14.5. The molecule has 5 heteroatoms.